The van der Waals surface area contributed by atoms with E-state index >= 15 is 17.6 Å². The molecular weight excluding hydrogens is 673 g/mol. The van der Waals surface area contributed by atoms with Crippen LogP contribution in [0.4, 0.5) is 39.5 Å². The maximum Gasteiger partial charge on any atom is 0.460 e. The molecule has 3 nitrogen and oxygen atoms in total. The minimum absolute atomic E-state index is 0.00514. The quantitative estimate of drug-likeness (QED) is 0.147. The zero-order valence-corrected chi connectivity index (χ0v) is 28.6. The highest BCUT2D eigenvalue weighted by Crippen LogP contribution is 2.69. The van der Waals surface area contributed by atoms with Crippen LogP contribution in [0.15, 0.2) is 78.2 Å². The lowest BCUT2D eigenvalue weighted by Crippen LogP contribution is -2.65. The lowest BCUT2D eigenvalue weighted by atomic mass is 9.40. The van der Waals surface area contributed by atoms with E-state index in [1.165, 1.54) is 37.0 Å². The number of halogens is 9. The molecule has 0 saturated heterocycles. The minimum Gasteiger partial charge on any atom is -0.426 e. The van der Waals surface area contributed by atoms with Gasteiger partial charge in [-0.25, -0.2) is 0 Å². The molecule has 0 radical (unpaired) electrons. The van der Waals surface area contributed by atoms with Gasteiger partial charge in [-0.3, -0.25) is 9.78 Å². The van der Waals surface area contributed by atoms with Gasteiger partial charge in [0.1, 0.15) is 5.75 Å². The second kappa shape index (κ2) is 12.7. The Bertz CT molecular complexity index is 1620. The Morgan fingerprint density at radius 2 is 1.56 bits per heavy atom. The molecule has 3 aliphatic carbocycles. The highest BCUT2D eigenvalue weighted by molar-refractivity contribution is 5.79. The third kappa shape index (κ3) is 6.16. The van der Waals surface area contributed by atoms with E-state index in [1.807, 2.05) is 13.8 Å². The van der Waals surface area contributed by atoms with Crippen LogP contribution in [0, 0.1) is 34.5 Å². The number of benzene rings is 1. The lowest BCUT2D eigenvalue weighted by molar-refractivity contribution is -0.399. The van der Waals surface area contributed by atoms with Crippen LogP contribution >= 0.6 is 0 Å². The molecule has 6 atom stereocenters. The molecule has 3 aliphatic rings. The van der Waals surface area contributed by atoms with Gasteiger partial charge in [-0.05, 0) is 104 Å². The van der Waals surface area contributed by atoms with Crippen molar-refractivity contribution < 1.29 is 49.0 Å². The summed E-state index contributed by atoms with van der Waals surface area (Å²) < 4.78 is 136. The van der Waals surface area contributed by atoms with Crippen LogP contribution < -0.4 is 4.74 Å². The highest BCUT2D eigenvalue weighted by Gasteiger charge is 2.82. The predicted octanol–water partition coefficient (Wildman–Crippen LogP) is 11.2. The molecular formula is C38H42F9NO2. The van der Waals surface area contributed by atoms with E-state index in [9.17, 15) is 26.7 Å². The van der Waals surface area contributed by atoms with Crippen molar-refractivity contribution in [1.82, 2.24) is 4.98 Å². The van der Waals surface area contributed by atoms with Gasteiger partial charge >= 0.3 is 29.9 Å². The fourth-order valence-electron chi connectivity index (χ4n) is 9.20. The van der Waals surface area contributed by atoms with Gasteiger partial charge in [-0.2, -0.15) is 39.5 Å². The summed E-state index contributed by atoms with van der Waals surface area (Å²) in [5.74, 6) is -21.1. The Morgan fingerprint density at radius 1 is 0.940 bits per heavy atom. The lowest BCUT2D eigenvalue weighted by Gasteiger charge is -2.63. The Hall–Kier alpha value is -3.31. The number of fused-ring (bicyclic) bond motifs is 3. The Labute approximate surface area is 286 Å². The normalized spacial score (nSPS) is 28.9. The van der Waals surface area contributed by atoms with E-state index in [-0.39, 0.29) is 41.9 Å². The van der Waals surface area contributed by atoms with E-state index in [4.69, 9.17) is 4.74 Å². The number of carbonyl (C=O) groups is 1. The minimum atomic E-state index is -7.03. The first kappa shape index (κ1) is 37.9. The zero-order valence-electron chi connectivity index (χ0n) is 28.6. The molecule has 1 saturated carbocycles. The summed E-state index contributed by atoms with van der Waals surface area (Å²) in [6, 6.07) is 10.7. The van der Waals surface area contributed by atoms with E-state index in [0.717, 1.165) is 5.57 Å². The Kier molecular flexibility index (Phi) is 9.65. The van der Waals surface area contributed by atoms with Crippen LogP contribution in [-0.2, 0) is 10.2 Å². The number of hydrogen-bond donors (Lipinski definition) is 0. The second-order valence-corrected chi connectivity index (χ2v) is 15.4. The topological polar surface area (TPSA) is 39.2 Å². The number of rotatable bonds is 9. The van der Waals surface area contributed by atoms with Crippen LogP contribution in [0.1, 0.15) is 78.7 Å². The summed E-state index contributed by atoms with van der Waals surface area (Å²) in [7, 11) is 0. The average Bonchev–Trinajstić information content (AvgIpc) is 3.04. The summed E-state index contributed by atoms with van der Waals surface area (Å²) in [5.41, 5.74) is -3.00. The van der Waals surface area contributed by atoms with Gasteiger partial charge in [0.05, 0.1) is 5.41 Å². The van der Waals surface area contributed by atoms with Gasteiger partial charge < -0.3 is 4.74 Å². The number of hydrogen-bond acceptors (Lipinski definition) is 3. The van der Waals surface area contributed by atoms with Gasteiger partial charge in [-0.1, -0.05) is 63.6 Å². The fraction of sp³-hybridized carbons (Fsp3) is 0.579. The average molecular weight is 716 g/mol. The summed E-state index contributed by atoms with van der Waals surface area (Å²) in [6.07, 6.45) is -0.708. The third-order valence-electron chi connectivity index (χ3n) is 11.9. The molecule has 12 heteroatoms. The number of alkyl halides is 9. The van der Waals surface area contributed by atoms with Crippen LogP contribution in [-0.4, -0.2) is 34.9 Å². The van der Waals surface area contributed by atoms with Crippen molar-refractivity contribution in [2.45, 2.75) is 103 Å². The van der Waals surface area contributed by atoms with Gasteiger partial charge in [-0.15, -0.1) is 0 Å². The van der Waals surface area contributed by atoms with Crippen molar-refractivity contribution in [3.63, 3.8) is 0 Å². The van der Waals surface area contributed by atoms with Crippen LogP contribution in [0.25, 0.3) is 0 Å². The van der Waals surface area contributed by atoms with E-state index < -0.39 is 58.5 Å². The van der Waals surface area contributed by atoms with Gasteiger partial charge in [0.2, 0.25) is 0 Å². The molecule has 5 rings (SSSR count). The highest BCUT2D eigenvalue weighted by atomic mass is 19.4. The first-order valence-corrected chi connectivity index (χ1v) is 16.8. The van der Waals surface area contributed by atoms with E-state index in [2.05, 4.69) is 17.1 Å². The summed E-state index contributed by atoms with van der Waals surface area (Å²) in [5, 5.41) is 0. The summed E-state index contributed by atoms with van der Waals surface area (Å²) in [6.45, 7) is 8.53. The van der Waals surface area contributed by atoms with Crippen molar-refractivity contribution in [1.29, 1.82) is 0 Å². The molecule has 0 aliphatic heterocycles. The fourth-order valence-corrected chi connectivity index (χ4v) is 9.20. The molecule has 1 aromatic carbocycles. The molecule has 1 fully saturated rings. The van der Waals surface area contributed by atoms with Crippen molar-refractivity contribution >= 4 is 5.97 Å². The second-order valence-electron chi connectivity index (χ2n) is 15.4. The molecule has 0 bridgehead atoms. The summed E-state index contributed by atoms with van der Waals surface area (Å²) in [4.78, 5) is 18.0. The number of ether oxygens (including phenoxy) is 1. The molecule has 1 heterocycles. The first-order chi connectivity index (χ1) is 23.0. The molecule has 0 spiro atoms. The predicted molar refractivity (Wildman–Crippen MR) is 170 cm³/mol. The Morgan fingerprint density at radius 3 is 2.14 bits per heavy atom. The monoisotopic (exact) mass is 715 g/mol. The number of nitrogens with zero attached hydrogens (tertiary/aromatic N) is 1. The number of esters is 1. The largest absolute Gasteiger partial charge is 0.460 e. The standard InChI is InChI=1S/C38H42F9NO2/c1-23(2)24-13-14-29-25(19-24)11-12-26-20-32(3,31(49)50-28-9-7-6-8-10-28)21-34(5,30(26)29)33(4,27-15-17-48-18-16-27)22-35(39,40)36(41,42)37(43,44)38(45,46)47/h6-11,15-19,23,26,29-30H,12-14,20-22H2,1-5H3/t26?,29?,30?,32?,33?,34-/m1/s1. The number of allylic oxidation sites excluding steroid dienone is 4. The maximum absolute atomic E-state index is 16.0. The van der Waals surface area contributed by atoms with Crippen molar-refractivity contribution in [3.05, 3.63) is 83.7 Å². The molecule has 0 amide bonds. The van der Waals surface area contributed by atoms with Crippen LogP contribution in [0.3, 0.4) is 0 Å². The van der Waals surface area contributed by atoms with Gasteiger partial charge in [0.25, 0.3) is 0 Å². The van der Waals surface area contributed by atoms with Crippen molar-refractivity contribution in [2.24, 2.45) is 34.5 Å². The number of aromatic nitrogens is 1. The number of pyridine rings is 1. The maximum atomic E-state index is 16.0. The van der Waals surface area contributed by atoms with Crippen LogP contribution in [0.2, 0.25) is 0 Å². The third-order valence-corrected chi connectivity index (χ3v) is 11.9. The zero-order chi connectivity index (χ0) is 37.1. The molecule has 2 aromatic rings. The molecule has 5 unspecified atom stereocenters. The van der Waals surface area contributed by atoms with E-state index in [1.54, 1.807) is 44.2 Å². The Balaban J connectivity index is 1.71. The molecule has 50 heavy (non-hydrogen) atoms. The van der Waals surface area contributed by atoms with Crippen molar-refractivity contribution in [2.75, 3.05) is 0 Å². The van der Waals surface area contributed by atoms with Gasteiger partial charge in [0.15, 0.2) is 0 Å². The first-order valence-electron chi connectivity index (χ1n) is 16.8. The summed E-state index contributed by atoms with van der Waals surface area (Å²) >= 11 is 0. The molecule has 274 valence electrons. The number of para-hydroxylation sites is 1. The van der Waals surface area contributed by atoms with E-state index in [0.29, 0.717) is 19.3 Å². The van der Waals surface area contributed by atoms with Crippen molar-refractivity contribution in [3.8, 4) is 5.75 Å². The SMILES string of the molecule is CC(C)C1=CC2=CCC3CC(C)(C(=O)Oc4ccccc4)C[C@@](C)(C(C)(CC(F)(F)C(F)(F)C(F)(F)C(F)(F)F)c4ccncc4)C3C2CC1. The molecule has 0 N–H and O–H groups in total. The number of carbonyl (C=O) groups excluding carboxylic acids is 1. The molecule has 1 aromatic heterocycles. The van der Waals surface area contributed by atoms with Gasteiger partial charge in [0, 0.05) is 24.2 Å². The smallest absolute Gasteiger partial charge is 0.426 e. The van der Waals surface area contributed by atoms with Crippen LogP contribution in [0.5, 0.6) is 5.75 Å².